The summed E-state index contributed by atoms with van der Waals surface area (Å²) < 4.78 is 0. The van der Waals surface area contributed by atoms with Crippen LogP contribution in [0.4, 0.5) is 5.82 Å². The molecule has 1 N–H and O–H groups in total. The molecule has 0 unspecified atom stereocenters. The van der Waals surface area contributed by atoms with Crippen LogP contribution in [0.15, 0.2) is 55.4 Å². The highest BCUT2D eigenvalue weighted by atomic mass is 35.5. The van der Waals surface area contributed by atoms with Crippen molar-refractivity contribution in [1.29, 1.82) is 0 Å². The van der Waals surface area contributed by atoms with Crippen LogP contribution in [0.5, 0.6) is 5.75 Å². The summed E-state index contributed by atoms with van der Waals surface area (Å²) in [7, 11) is 0. The molecule has 6 nitrogen and oxygen atoms in total. The molecule has 0 spiro atoms. The smallest absolute Gasteiger partial charge is 0.246 e. The van der Waals surface area contributed by atoms with E-state index >= 15 is 0 Å². The van der Waals surface area contributed by atoms with E-state index in [-0.39, 0.29) is 11.7 Å². The second-order valence-corrected chi connectivity index (χ2v) is 7.04. The second kappa shape index (κ2) is 7.48. The molecule has 0 saturated carbocycles. The maximum Gasteiger partial charge on any atom is 0.246 e. The topological polar surface area (TPSA) is 69.6 Å². The average Bonchev–Trinajstić information content (AvgIpc) is 2.74. The van der Waals surface area contributed by atoms with E-state index in [1.807, 2.05) is 18.2 Å². The minimum Gasteiger partial charge on any atom is -0.507 e. The van der Waals surface area contributed by atoms with Gasteiger partial charge in [0.15, 0.2) is 0 Å². The SMILES string of the molecule is C=CC(=O)N1CCN(c2ncnc3cc(-c4cc(Cl)ccc4O)ccc23)CC1. The number of carbonyl (C=O) groups excluding carboxylic acids is 1. The first-order valence-corrected chi connectivity index (χ1v) is 9.34. The molecule has 142 valence electrons. The normalized spacial score (nSPS) is 14.3. The zero-order valence-electron chi connectivity index (χ0n) is 15.2. The van der Waals surface area contributed by atoms with Gasteiger partial charge in [0.05, 0.1) is 5.52 Å². The average molecular weight is 395 g/mol. The Morgan fingerprint density at radius 1 is 1.11 bits per heavy atom. The first-order valence-electron chi connectivity index (χ1n) is 8.97. The molecule has 1 saturated heterocycles. The highest BCUT2D eigenvalue weighted by Gasteiger charge is 2.22. The summed E-state index contributed by atoms with van der Waals surface area (Å²) in [6, 6.07) is 10.8. The van der Waals surface area contributed by atoms with Gasteiger partial charge in [-0.3, -0.25) is 4.79 Å². The summed E-state index contributed by atoms with van der Waals surface area (Å²) in [5.41, 5.74) is 2.27. The molecule has 0 atom stereocenters. The van der Waals surface area contributed by atoms with Crippen LogP contribution in [0.1, 0.15) is 0 Å². The summed E-state index contributed by atoms with van der Waals surface area (Å²) in [5.74, 6) is 0.969. The van der Waals surface area contributed by atoms with E-state index in [4.69, 9.17) is 11.6 Å². The Morgan fingerprint density at radius 2 is 1.89 bits per heavy atom. The fraction of sp³-hybridized carbons (Fsp3) is 0.190. The quantitative estimate of drug-likeness (QED) is 0.688. The van der Waals surface area contributed by atoms with E-state index in [1.54, 1.807) is 29.4 Å². The molecule has 0 radical (unpaired) electrons. The number of hydrogen-bond donors (Lipinski definition) is 1. The number of amides is 1. The van der Waals surface area contributed by atoms with Crippen molar-refractivity contribution in [2.45, 2.75) is 0 Å². The Labute approximate surface area is 167 Å². The zero-order chi connectivity index (χ0) is 19.7. The molecule has 4 rings (SSSR count). The van der Waals surface area contributed by atoms with Gasteiger partial charge in [-0.25, -0.2) is 9.97 Å². The third-order valence-electron chi connectivity index (χ3n) is 4.95. The largest absolute Gasteiger partial charge is 0.507 e. The molecule has 2 aromatic carbocycles. The monoisotopic (exact) mass is 394 g/mol. The van der Waals surface area contributed by atoms with Crippen LogP contribution >= 0.6 is 11.6 Å². The number of phenols is 1. The molecule has 7 heteroatoms. The summed E-state index contributed by atoms with van der Waals surface area (Å²) >= 11 is 6.08. The molecule has 0 aliphatic carbocycles. The lowest BCUT2D eigenvalue weighted by Crippen LogP contribution is -2.48. The van der Waals surface area contributed by atoms with Gasteiger partial charge in [0.25, 0.3) is 0 Å². The Balaban J connectivity index is 1.66. The number of halogens is 1. The van der Waals surface area contributed by atoms with E-state index in [2.05, 4.69) is 21.4 Å². The van der Waals surface area contributed by atoms with Gasteiger partial charge in [-0.2, -0.15) is 0 Å². The number of fused-ring (bicyclic) bond motifs is 1. The summed E-state index contributed by atoms with van der Waals surface area (Å²) in [6.07, 6.45) is 2.89. The van der Waals surface area contributed by atoms with Crippen molar-refractivity contribution in [3.8, 4) is 16.9 Å². The Bertz CT molecular complexity index is 1060. The molecular weight excluding hydrogens is 376 g/mol. The number of rotatable bonds is 3. The molecule has 1 aromatic heterocycles. The highest BCUT2D eigenvalue weighted by Crippen LogP contribution is 2.34. The van der Waals surface area contributed by atoms with Crippen molar-refractivity contribution in [1.82, 2.24) is 14.9 Å². The van der Waals surface area contributed by atoms with Crippen LogP contribution < -0.4 is 4.90 Å². The lowest BCUT2D eigenvalue weighted by atomic mass is 10.0. The molecular formula is C21H19ClN4O2. The van der Waals surface area contributed by atoms with E-state index in [9.17, 15) is 9.90 Å². The maximum atomic E-state index is 11.8. The number of phenolic OH excluding ortho intramolecular Hbond substituents is 1. The van der Waals surface area contributed by atoms with Crippen molar-refractivity contribution < 1.29 is 9.90 Å². The van der Waals surface area contributed by atoms with Gasteiger partial charge < -0.3 is 14.9 Å². The number of carbonyl (C=O) groups is 1. The van der Waals surface area contributed by atoms with E-state index < -0.39 is 0 Å². The maximum absolute atomic E-state index is 11.8. The van der Waals surface area contributed by atoms with Crippen LogP contribution in [-0.4, -0.2) is 52.1 Å². The van der Waals surface area contributed by atoms with Gasteiger partial charge in [-0.05, 0) is 42.0 Å². The van der Waals surface area contributed by atoms with Gasteiger partial charge in [-0.15, -0.1) is 0 Å². The van der Waals surface area contributed by atoms with Gasteiger partial charge >= 0.3 is 0 Å². The van der Waals surface area contributed by atoms with Gasteiger partial charge in [0.2, 0.25) is 5.91 Å². The first kappa shape index (κ1) is 18.3. The van der Waals surface area contributed by atoms with Gasteiger partial charge in [-0.1, -0.05) is 24.2 Å². The van der Waals surface area contributed by atoms with Crippen molar-refractivity contribution in [2.24, 2.45) is 0 Å². The van der Waals surface area contributed by atoms with Crippen molar-refractivity contribution >= 4 is 34.2 Å². The van der Waals surface area contributed by atoms with Crippen LogP contribution in [0.3, 0.4) is 0 Å². The summed E-state index contributed by atoms with van der Waals surface area (Å²) in [5, 5.41) is 11.7. The molecule has 3 aromatic rings. The Hall–Kier alpha value is -3.12. The summed E-state index contributed by atoms with van der Waals surface area (Å²) in [6.45, 7) is 6.20. The minimum absolute atomic E-state index is 0.0434. The van der Waals surface area contributed by atoms with Crippen LogP contribution in [0, 0.1) is 0 Å². The fourth-order valence-corrected chi connectivity index (χ4v) is 3.64. The molecule has 1 amide bonds. The third-order valence-corrected chi connectivity index (χ3v) is 5.19. The number of nitrogens with zero attached hydrogens (tertiary/aromatic N) is 4. The molecule has 0 bridgehead atoms. The molecule has 1 aliphatic heterocycles. The van der Waals surface area contributed by atoms with Crippen LogP contribution in [-0.2, 0) is 4.79 Å². The van der Waals surface area contributed by atoms with Crippen molar-refractivity contribution in [3.63, 3.8) is 0 Å². The van der Waals surface area contributed by atoms with Crippen molar-refractivity contribution in [2.75, 3.05) is 31.1 Å². The zero-order valence-corrected chi connectivity index (χ0v) is 15.9. The molecule has 28 heavy (non-hydrogen) atoms. The van der Waals surface area contributed by atoms with Gasteiger partial charge in [0.1, 0.15) is 17.9 Å². The predicted molar refractivity (Wildman–Crippen MR) is 111 cm³/mol. The highest BCUT2D eigenvalue weighted by molar-refractivity contribution is 6.31. The number of anilines is 1. The number of piperazine rings is 1. The second-order valence-electron chi connectivity index (χ2n) is 6.61. The lowest BCUT2D eigenvalue weighted by Gasteiger charge is -2.35. The standard InChI is InChI=1S/C21H19ClN4O2/c1-2-20(28)25-7-9-26(10-8-25)21-16-5-3-14(11-18(16)23-13-24-21)17-12-15(22)4-6-19(17)27/h2-6,11-13,27H,1,7-10H2. The third kappa shape index (κ3) is 3.39. The molecule has 2 heterocycles. The Morgan fingerprint density at radius 3 is 2.64 bits per heavy atom. The fourth-order valence-electron chi connectivity index (χ4n) is 3.47. The first-order chi connectivity index (χ1) is 13.6. The van der Waals surface area contributed by atoms with Crippen molar-refractivity contribution in [3.05, 3.63) is 60.4 Å². The lowest BCUT2D eigenvalue weighted by molar-refractivity contribution is -0.126. The summed E-state index contributed by atoms with van der Waals surface area (Å²) in [4.78, 5) is 24.6. The van der Waals surface area contributed by atoms with E-state index in [1.165, 1.54) is 6.08 Å². The number of aromatic hydroxyl groups is 1. The van der Waals surface area contributed by atoms with Crippen LogP contribution in [0.25, 0.3) is 22.0 Å². The molecule has 1 aliphatic rings. The number of hydrogen-bond acceptors (Lipinski definition) is 5. The number of benzene rings is 2. The number of aromatic nitrogens is 2. The Kier molecular flexibility index (Phi) is 4.88. The van der Waals surface area contributed by atoms with E-state index in [0.717, 1.165) is 22.3 Å². The minimum atomic E-state index is -0.0434. The van der Waals surface area contributed by atoms with Crippen LogP contribution in [0.2, 0.25) is 5.02 Å². The molecule has 1 fully saturated rings. The van der Waals surface area contributed by atoms with E-state index in [0.29, 0.717) is 36.8 Å². The predicted octanol–water partition coefficient (Wildman–Crippen LogP) is 3.49. The van der Waals surface area contributed by atoms with Gasteiger partial charge in [0, 0.05) is 42.2 Å².